The highest BCUT2D eigenvalue weighted by molar-refractivity contribution is 6.22. The Bertz CT molecular complexity index is 3260. The van der Waals surface area contributed by atoms with E-state index in [-0.39, 0.29) is 0 Å². The number of hydrogen-bond donors (Lipinski definition) is 0. The molecule has 0 amide bonds. The monoisotopic (exact) mass is 700 g/mol. The fourth-order valence-corrected chi connectivity index (χ4v) is 8.20. The molecule has 256 valence electrons. The van der Waals surface area contributed by atoms with Crippen molar-refractivity contribution < 1.29 is 0 Å². The lowest BCUT2D eigenvalue weighted by atomic mass is 10.0. The summed E-state index contributed by atoms with van der Waals surface area (Å²) >= 11 is 0. The zero-order valence-electron chi connectivity index (χ0n) is 29.8. The molecule has 0 spiro atoms. The second-order valence-electron chi connectivity index (χ2n) is 14.0. The van der Waals surface area contributed by atoms with Crippen molar-refractivity contribution in [1.29, 1.82) is 0 Å². The van der Waals surface area contributed by atoms with Crippen LogP contribution in [0.15, 0.2) is 194 Å². The quantitative estimate of drug-likeness (QED) is 0.179. The summed E-state index contributed by atoms with van der Waals surface area (Å²) in [4.78, 5) is 15.4. The third-order valence-electron chi connectivity index (χ3n) is 10.8. The van der Waals surface area contributed by atoms with Crippen molar-refractivity contribution in [3.63, 3.8) is 0 Å². The summed E-state index contributed by atoms with van der Waals surface area (Å²) in [5.41, 5.74) is 8.66. The molecule has 0 unspecified atom stereocenters. The summed E-state index contributed by atoms with van der Waals surface area (Å²) < 4.78 is 2.44. The Labute approximate surface area is 317 Å². The van der Waals surface area contributed by atoms with Gasteiger partial charge in [0.05, 0.1) is 16.7 Å². The summed E-state index contributed by atoms with van der Waals surface area (Å²) in [6.45, 7) is 0. The van der Waals surface area contributed by atoms with Crippen molar-refractivity contribution in [2.24, 2.45) is 0 Å². The van der Waals surface area contributed by atoms with Gasteiger partial charge in [0, 0.05) is 32.8 Å². The van der Waals surface area contributed by atoms with Crippen LogP contribution >= 0.6 is 0 Å². The molecule has 0 saturated heterocycles. The molecule has 0 atom stereocenters. The van der Waals surface area contributed by atoms with E-state index >= 15 is 0 Å². The van der Waals surface area contributed by atoms with Crippen LogP contribution in [0, 0.1) is 0 Å². The maximum absolute atomic E-state index is 5.20. The molecule has 0 aliphatic rings. The van der Waals surface area contributed by atoms with Crippen molar-refractivity contribution in [1.82, 2.24) is 19.5 Å². The van der Waals surface area contributed by atoms with E-state index in [0.717, 1.165) is 44.1 Å². The molecule has 11 aromatic rings. The zero-order valence-corrected chi connectivity index (χ0v) is 29.8. The minimum absolute atomic E-state index is 0.638. The van der Waals surface area contributed by atoms with Crippen molar-refractivity contribution >= 4 is 54.1 Å². The molecule has 0 aliphatic heterocycles. The van der Waals surface area contributed by atoms with Crippen molar-refractivity contribution in [2.45, 2.75) is 0 Å². The Morgan fingerprint density at radius 3 is 1.71 bits per heavy atom. The van der Waals surface area contributed by atoms with Crippen LogP contribution in [0.5, 0.6) is 0 Å². The van der Waals surface area contributed by atoms with E-state index in [4.69, 9.17) is 15.0 Å². The first-order chi connectivity index (χ1) is 27.3. The highest BCUT2D eigenvalue weighted by atomic mass is 15.0. The van der Waals surface area contributed by atoms with Crippen LogP contribution in [0.1, 0.15) is 0 Å². The minimum atomic E-state index is 0.638. The highest BCUT2D eigenvalue weighted by Crippen LogP contribution is 2.41. The number of hydrogen-bond acceptors (Lipinski definition) is 3. The Morgan fingerprint density at radius 2 is 0.909 bits per heavy atom. The molecule has 0 N–H and O–H groups in total. The fourth-order valence-electron chi connectivity index (χ4n) is 8.20. The first-order valence-corrected chi connectivity index (χ1v) is 18.6. The second kappa shape index (κ2) is 12.6. The molecule has 0 fully saturated rings. The predicted octanol–water partition coefficient (Wildman–Crippen LogP) is 13.1. The van der Waals surface area contributed by atoms with E-state index in [1.54, 1.807) is 0 Å². The number of nitrogens with zero attached hydrogens (tertiary/aromatic N) is 4. The molecule has 11 rings (SSSR count). The smallest absolute Gasteiger partial charge is 0.164 e. The van der Waals surface area contributed by atoms with Gasteiger partial charge in [-0.15, -0.1) is 0 Å². The molecule has 0 aliphatic carbocycles. The van der Waals surface area contributed by atoms with Crippen LogP contribution in [0.25, 0.3) is 105 Å². The number of rotatable bonds is 5. The van der Waals surface area contributed by atoms with E-state index < -0.39 is 0 Å². The average Bonchev–Trinajstić information content (AvgIpc) is 3.60. The fraction of sp³-hybridized carbons (Fsp3) is 0. The summed E-state index contributed by atoms with van der Waals surface area (Å²) in [6, 6.07) is 68.8. The summed E-state index contributed by atoms with van der Waals surface area (Å²) in [7, 11) is 0. The van der Waals surface area contributed by atoms with Crippen molar-refractivity contribution in [3.05, 3.63) is 194 Å². The molecule has 0 saturated carbocycles. The standard InChI is InChI=1S/C51H32N4/c1-3-13-33(14-4-1)38-25-27-44-47(32-38)55(46-29-26-35-16-9-10-20-40(35)48(44)46)45-30-28-43(41-21-11-12-22-42(41)45)51-53-49(36-17-5-2-6-18-36)52-50(54-51)39-24-23-34-15-7-8-19-37(34)31-39/h1-32H. The molecule has 2 heterocycles. The van der Waals surface area contributed by atoms with Gasteiger partial charge >= 0.3 is 0 Å². The lowest BCUT2D eigenvalue weighted by Gasteiger charge is -2.15. The Kier molecular flexibility index (Phi) is 7.14. The van der Waals surface area contributed by atoms with Gasteiger partial charge in [0.25, 0.3) is 0 Å². The van der Waals surface area contributed by atoms with Gasteiger partial charge in [0.1, 0.15) is 0 Å². The van der Waals surface area contributed by atoms with Crippen LogP contribution in [0.2, 0.25) is 0 Å². The van der Waals surface area contributed by atoms with Gasteiger partial charge in [-0.05, 0) is 68.4 Å². The molecule has 9 aromatic carbocycles. The molecule has 4 nitrogen and oxygen atoms in total. The molecule has 0 bridgehead atoms. The SMILES string of the molecule is c1ccc(-c2ccc3c4c5ccccc5ccc4n(-c4ccc(-c5nc(-c6ccccc6)nc(-c6ccc7ccccc7c6)n5)c5ccccc45)c3c2)cc1. The third kappa shape index (κ3) is 5.19. The van der Waals surface area contributed by atoms with Gasteiger partial charge in [-0.25, -0.2) is 15.0 Å². The van der Waals surface area contributed by atoms with Crippen LogP contribution in [0.3, 0.4) is 0 Å². The van der Waals surface area contributed by atoms with Gasteiger partial charge < -0.3 is 4.57 Å². The van der Waals surface area contributed by atoms with Gasteiger partial charge in [0.15, 0.2) is 17.5 Å². The van der Waals surface area contributed by atoms with E-state index in [1.807, 2.05) is 18.2 Å². The van der Waals surface area contributed by atoms with E-state index in [0.29, 0.717) is 17.5 Å². The highest BCUT2D eigenvalue weighted by Gasteiger charge is 2.20. The van der Waals surface area contributed by atoms with Gasteiger partial charge in [-0.2, -0.15) is 0 Å². The van der Waals surface area contributed by atoms with Crippen molar-refractivity contribution in [3.8, 4) is 51.0 Å². The molecular formula is C51H32N4. The Morgan fingerprint density at radius 1 is 0.309 bits per heavy atom. The first-order valence-electron chi connectivity index (χ1n) is 18.6. The first kappa shape index (κ1) is 31.1. The topological polar surface area (TPSA) is 43.6 Å². The number of benzene rings is 9. The molecule has 55 heavy (non-hydrogen) atoms. The summed E-state index contributed by atoms with van der Waals surface area (Å²) in [5, 5.41) is 9.47. The molecule has 2 aromatic heterocycles. The maximum Gasteiger partial charge on any atom is 0.164 e. The molecule has 0 radical (unpaired) electrons. The average molecular weight is 701 g/mol. The Balaban J connectivity index is 1.17. The van der Waals surface area contributed by atoms with Crippen LogP contribution in [-0.4, -0.2) is 19.5 Å². The van der Waals surface area contributed by atoms with E-state index in [2.05, 4.69) is 180 Å². The molecular weight excluding hydrogens is 669 g/mol. The van der Waals surface area contributed by atoms with Crippen LogP contribution in [-0.2, 0) is 0 Å². The largest absolute Gasteiger partial charge is 0.309 e. The number of aromatic nitrogens is 4. The maximum atomic E-state index is 5.20. The third-order valence-corrected chi connectivity index (χ3v) is 10.8. The summed E-state index contributed by atoms with van der Waals surface area (Å²) in [5.74, 6) is 1.93. The minimum Gasteiger partial charge on any atom is -0.309 e. The van der Waals surface area contributed by atoms with E-state index in [9.17, 15) is 0 Å². The van der Waals surface area contributed by atoms with Crippen LogP contribution in [0.4, 0.5) is 0 Å². The lowest BCUT2D eigenvalue weighted by molar-refractivity contribution is 1.08. The van der Waals surface area contributed by atoms with E-state index in [1.165, 1.54) is 43.6 Å². The van der Waals surface area contributed by atoms with Crippen LogP contribution < -0.4 is 0 Å². The van der Waals surface area contributed by atoms with Crippen molar-refractivity contribution in [2.75, 3.05) is 0 Å². The van der Waals surface area contributed by atoms with Gasteiger partial charge in [-0.1, -0.05) is 164 Å². The van der Waals surface area contributed by atoms with Gasteiger partial charge in [-0.3, -0.25) is 0 Å². The second-order valence-corrected chi connectivity index (χ2v) is 14.0. The zero-order chi connectivity index (χ0) is 36.3. The normalized spacial score (nSPS) is 11.6. The Hall–Kier alpha value is -7.43. The summed E-state index contributed by atoms with van der Waals surface area (Å²) in [6.07, 6.45) is 0. The van der Waals surface area contributed by atoms with Gasteiger partial charge in [0.2, 0.25) is 0 Å². The lowest BCUT2D eigenvalue weighted by Crippen LogP contribution is -2.02. The number of fused-ring (bicyclic) bond motifs is 7. The molecule has 4 heteroatoms. The predicted molar refractivity (Wildman–Crippen MR) is 228 cm³/mol.